The molecule has 0 aromatic carbocycles. The Morgan fingerprint density at radius 3 is 2.80 bits per heavy atom. The molecule has 0 bridgehead atoms. The van der Waals surface area contributed by atoms with Gasteiger partial charge >= 0.3 is 5.97 Å². The molecule has 6 heteroatoms. The zero-order chi connectivity index (χ0) is 11.6. The molecule has 15 heavy (non-hydrogen) atoms. The first-order valence-corrected chi connectivity index (χ1v) is 5.24. The van der Waals surface area contributed by atoms with E-state index in [0.29, 0.717) is 5.88 Å². The summed E-state index contributed by atoms with van der Waals surface area (Å²) >= 11 is 3.36. The van der Waals surface area contributed by atoms with Gasteiger partial charge in [0.05, 0.1) is 19.1 Å². The molecule has 0 fully saturated rings. The van der Waals surface area contributed by atoms with E-state index in [4.69, 9.17) is 9.84 Å². The smallest absolute Gasteiger partial charge is 0.303 e. The molecule has 0 radical (unpaired) electrons. The molecule has 1 aromatic rings. The lowest BCUT2D eigenvalue weighted by atomic mass is 10.0. The summed E-state index contributed by atoms with van der Waals surface area (Å²) in [5, 5.41) is 12.8. The number of aromatic nitrogens is 2. The summed E-state index contributed by atoms with van der Waals surface area (Å²) < 4.78 is 7.47. The van der Waals surface area contributed by atoms with Gasteiger partial charge in [0.1, 0.15) is 4.60 Å². The zero-order valence-corrected chi connectivity index (χ0v) is 10.4. The lowest BCUT2D eigenvalue weighted by Gasteiger charge is -2.08. The second-order valence-electron chi connectivity index (χ2n) is 3.34. The number of methoxy groups -OCH3 is 1. The summed E-state index contributed by atoms with van der Waals surface area (Å²) in [7, 11) is 3.29. The minimum absolute atomic E-state index is 0.0562. The molecule has 0 aliphatic carbocycles. The van der Waals surface area contributed by atoms with Crippen LogP contribution in [0.3, 0.4) is 0 Å². The fraction of sp³-hybridized carbons (Fsp3) is 0.556. The Hall–Kier alpha value is -1.04. The summed E-state index contributed by atoms with van der Waals surface area (Å²) in [5.41, 5.74) is 0.794. The second-order valence-corrected chi connectivity index (χ2v) is 4.09. The first-order valence-electron chi connectivity index (χ1n) is 4.45. The maximum absolute atomic E-state index is 10.6. The number of ether oxygens (including phenoxy) is 1. The molecule has 1 atom stereocenters. The molecule has 0 aliphatic heterocycles. The number of carbonyl (C=O) groups is 1. The third-order valence-electron chi connectivity index (χ3n) is 2.14. The fourth-order valence-corrected chi connectivity index (χ4v) is 2.07. The van der Waals surface area contributed by atoms with E-state index in [-0.39, 0.29) is 12.3 Å². The molecule has 0 aliphatic rings. The van der Waals surface area contributed by atoms with E-state index in [1.807, 2.05) is 6.92 Å². The Bertz CT molecular complexity index is 376. The van der Waals surface area contributed by atoms with Crippen LogP contribution in [0, 0.1) is 0 Å². The highest BCUT2D eigenvalue weighted by atomic mass is 79.9. The molecule has 0 amide bonds. The first-order chi connectivity index (χ1) is 6.97. The molecule has 0 spiro atoms. The van der Waals surface area contributed by atoms with Gasteiger partial charge in [-0.3, -0.25) is 9.48 Å². The minimum Gasteiger partial charge on any atom is -0.481 e. The lowest BCUT2D eigenvalue weighted by Crippen LogP contribution is -2.04. The van der Waals surface area contributed by atoms with Gasteiger partial charge in [0, 0.05) is 7.05 Å². The van der Waals surface area contributed by atoms with Crippen LogP contribution in [0.4, 0.5) is 0 Å². The number of aryl methyl sites for hydroxylation is 1. The number of carboxylic acids is 1. The predicted molar refractivity (Wildman–Crippen MR) is 58.1 cm³/mol. The van der Waals surface area contributed by atoms with Crippen molar-refractivity contribution in [2.24, 2.45) is 7.05 Å². The molecule has 0 saturated carbocycles. The number of aliphatic carboxylic acids is 1. The minimum atomic E-state index is -0.833. The quantitative estimate of drug-likeness (QED) is 0.911. The average Bonchev–Trinajstić information content (AvgIpc) is 2.41. The Labute approximate surface area is 96.2 Å². The largest absolute Gasteiger partial charge is 0.481 e. The van der Waals surface area contributed by atoms with Gasteiger partial charge in [-0.1, -0.05) is 6.92 Å². The van der Waals surface area contributed by atoms with E-state index in [1.54, 1.807) is 11.7 Å². The third kappa shape index (κ3) is 2.50. The maximum Gasteiger partial charge on any atom is 0.303 e. The summed E-state index contributed by atoms with van der Waals surface area (Å²) in [6.45, 7) is 1.83. The predicted octanol–water partition coefficient (Wildman–Crippen LogP) is 1.77. The van der Waals surface area contributed by atoms with Gasteiger partial charge in [-0.25, -0.2) is 0 Å². The topological polar surface area (TPSA) is 64.4 Å². The fourth-order valence-electron chi connectivity index (χ4n) is 1.43. The van der Waals surface area contributed by atoms with Crippen molar-refractivity contribution in [1.29, 1.82) is 0 Å². The van der Waals surface area contributed by atoms with Gasteiger partial charge in [-0.2, -0.15) is 0 Å². The van der Waals surface area contributed by atoms with Crippen molar-refractivity contribution in [2.45, 2.75) is 19.3 Å². The summed E-state index contributed by atoms with van der Waals surface area (Å²) in [4.78, 5) is 10.6. The molecule has 1 rings (SSSR count). The van der Waals surface area contributed by atoms with E-state index < -0.39 is 5.97 Å². The summed E-state index contributed by atoms with van der Waals surface area (Å²) in [6, 6.07) is 0. The highest BCUT2D eigenvalue weighted by Gasteiger charge is 2.22. The van der Waals surface area contributed by atoms with Crippen molar-refractivity contribution in [1.82, 2.24) is 9.78 Å². The Morgan fingerprint density at radius 2 is 2.33 bits per heavy atom. The number of nitrogens with zero attached hydrogens (tertiary/aromatic N) is 2. The standard InChI is InChI=1S/C9H13BrN2O3/c1-5(4-6(13)14)7-8(10)12(2)11-9(7)15-3/h5H,4H2,1-3H3,(H,13,14). The highest BCUT2D eigenvalue weighted by Crippen LogP contribution is 2.34. The van der Waals surface area contributed by atoms with E-state index in [1.165, 1.54) is 7.11 Å². The molecule has 1 unspecified atom stereocenters. The Kier molecular flexibility index (Phi) is 3.73. The van der Waals surface area contributed by atoms with E-state index in [0.717, 1.165) is 10.2 Å². The molecule has 1 aromatic heterocycles. The Balaban J connectivity index is 3.05. The Morgan fingerprint density at radius 1 is 1.73 bits per heavy atom. The van der Waals surface area contributed by atoms with Gasteiger partial charge in [0.15, 0.2) is 0 Å². The molecular formula is C9H13BrN2O3. The van der Waals surface area contributed by atoms with E-state index in [9.17, 15) is 4.79 Å². The molecule has 0 saturated heterocycles. The lowest BCUT2D eigenvalue weighted by molar-refractivity contribution is -0.137. The number of halogens is 1. The summed E-state index contributed by atoms with van der Waals surface area (Å²) in [5.74, 6) is -0.501. The van der Waals surface area contributed by atoms with Gasteiger partial charge in [-0.05, 0) is 21.8 Å². The first kappa shape index (κ1) is 12.0. The van der Waals surface area contributed by atoms with Crippen molar-refractivity contribution < 1.29 is 14.6 Å². The molecule has 84 valence electrons. The maximum atomic E-state index is 10.6. The average molecular weight is 277 g/mol. The van der Waals surface area contributed by atoms with Crippen LogP contribution in [0.1, 0.15) is 24.8 Å². The van der Waals surface area contributed by atoms with Gasteiger partial charge < -0.3 is 9.84 Å². The van der Waals surface area contributed by atoms with Crippen molar-refractivity contribution >= 4 is 21.9 Å². The van der Waals surface area contributed by atoms with Crippen molar-refractivity contribution in [2.75, 3.05) is 7.11 Å². The van der Waals surface area contributed by atoms with Crippen LogP contribution in [0.25, 0.3) is 0 Å². The summed E-state index contributed by atoms with van der Waals surface area (Å²) in [6.07, 6.45) is 0.0562. The molecule has 5 nitrogen and oxygen atoms in total. The van der Waals surface area contributed by atoms with Crippen LogP contribution in [0.15, 0.2) is 4.60 Å². The SMILES string of the molecule is COc1nn(C)c(Br)c1C(C)CC(=O)O. The van der Waals surface area contributed by atoms with Crippen LogP contribution in [-0.4, -0.2) is 28.0 Å². The normalized spacial score (nSPS) is 12.5. The van der Waals surface area contributed by atoms with Crippen LogP contribution in [0.2, 0.25) is 0 Å². The third-order valence-corrected chi connectivity index (χ3v) is 3.08. The van der Waals surface area contributed by atoms with Gasteiger partial charge in [0.25, 0.3) is 0 Å². The van der Waals surface area contributed by atoms with Crippen LogP contribution < -0.4 is 4.74 Å². The van der Waals surface area contributed by atoms with E-state index >= 15 is 0 Å². The zero-order valence-electron chi connectivity index (χ0n) is 8.82. The van der Waals surface area contributed by atoms with Crippen molar-refractivity contribution in [3.63, 3.8) is 0 Å². The van der Waals surface area contributed by atoms with Crippen LogP contribution >= 0.6 is 15.9 Å². The van der Waals surface area contributed by atoms with Gasteiger partial charge in [-0.15, -0.1) is 5.10 Å². The second kappa shape index (κ2) is 4.65. The number of hydrogen-bond acceptors (Lipinski definition) is 3. The molecule has 1 heterocycles. The monoisotopic (exact) mass is 276 g/mol. The van der Waals surface area contributed by atoms with Crippen molar-refractivity contribution in [3.8, 4) is 5.88 Å². The van der Waals surface area contributed by atoms with Gasteiger partial charge in [0.2, 0.25) is 5.88 Å². The number of carboxylic acid groups (broad SMARTS) is 1. The van der Waals surface area contributed by atoms with E-state index in [2.05, 4.69) is 21.0 Å². The van der Waals surface area contributed by atoms with Crippen molar-refractivity contribution in [3.05, 3.63) is 10.2 Å². The van der Waals surface area contributed by atoms with Crippen LogP contribution in [0.5, 0.6) is 5.88 Å². The molecular weight excluding hydrogens is 264 g/mol. The molecule has 1 N–H and O–H groups in total. The van der Waals surface area contributed by atoms with Crippen LogP contribution in [-0.2, 0) is 11.8 Å². The number of rotatable bonds is 4. The number of hydrogen-bond donors (Lipinski definition) is 1. The highest BCUT2D eigenvalue weighted by molar-refractivity contribution is 9.10.